The normalized spacial score (nSPS) is 15.5. The molecule has 0 bridgehead atoms. The van der Waals surface area contributed by atoms with Crippen LogP contribution in [0.15, 0.2) is 53.4 Å². The lowest BCUT2D eigenvalue weighted by molar-refractivity contribution is -0.133. The van der Waals surface area contributed by atoms with Crippen molar-refractivity contribution in [3.63, 3.8) is 0 Å². The van der Waals surface area contributed by atoms with Crippen LogP contribution in [-0.4, -0.2) is 89.0 Å². The summed E-state index contributed by atoms with van der Waals surface area (Å²) in [4.78, 5) is 29.1. The first-order valence-corrected chi connectivity index (χ1v) is 14.6. The molecule has 0 spiro atoms. The number of hydrogen-bond acceptors (Lipinski definition) is 9. The zero-order chi connectivity index (χ0) is 28.5. The Morgan fingerprint density at radius 3 is 2.21 bits per heavy atom. The maximum atomic E-state index is 13.6. The fraction of sp³-hybridized carbons (Fsp3) is 0.500. The molecule has 39 heavy (non-hydrogen) atoms. The molecule has 2 aromatic carbocycles. The fourth-order valence-corrected chi connectivity index (χ4v) is 6.64. The number of sulfone groups is 1. The van der Waals surface area contributed by atoms with Crippen LogP contribution in [0.2, 0.25) is 0 Å². The molecule has 1 aliphatic rings. The van der Waals surface area contributed by atoms with Crippen molar-refractivity contribution in [3.8, 4) is 5.75 Å². The van der Waals surface area contributed by atoms with Gasteiger partial charge in [0.2, 0.25) is 0 Å². The highest BCUT2D eigenvalue weighted by Gasteiger charge is 2.52. The van der Waals surface area contributed by atoms with Crippen molar-refractivity contribution in [2.24, 2.45) is 0 Å². The first-order chi connectivity index (χ1) is 18.6. The fourth-order valence-electron chi connectivity index (χ4n) is 4.69. The summed E-state index contributed by atoms with van der Waals surface area (Å²) >= 11 is 0. The van der Waals surface area contributed by atoms with E-state index in [0.29, 0.717) is 63.4 Å². The third-order valence-corrected chi connectivity index (χ3v) is 9.73. The van der Waals surface area contributed by atoms with Crippen molar-refractivity contribution in [2.75, 3.05) is 59.0 Å². The van der Waals surface area contributed by atoms with Crippen LogP contribution >= 0.6 is 0 Å². The van der Waals surface area contributed by atoms with E-state index in [-0.39, 0.29) is 23.5 Å². The summed E-state index contributed by atoms with van der Waals surface area (Å²) in [5.74, 6) is -0.341. The van der Waals surface area contributed by atoms with Gasteiger partial charge in [-0.15, -0.1) is 0 Å². The molecule has 1 amide bonds. The smallest absolute Gasteiger partial charge is 0.265 e. The van der Waals surface area contributed by atoms with Crippen molar-refractivity contribution in [1.82, 2.24) is 10.4 Å². The van der Waals surface area contributed by atoms with E-state index in [1.54, 1.807) is 24.7 Å². The molecule has 10 nitrogen and oxygen atoms in total. The molecule has 1 saturated heterocycles. The number of benzene rings is 2. The molecule has 214 valence electrons. The molecule has 1 heterocycles. The molecule has 0 atom stereocenters. The molecule has 3 rings (SSSR count). The second-order valence-electron chi connectivity index (χ2n) is 9.91. The third kappa shape index (κ3) is 7.36. The molecule has 0 unspecified atom stereocenters. The first-order valence-electron chi connectivity index (χ1n) is 13.1. The Balaban J connectivity index is 1.53. The number of amides is 1. The Morgan fingerprint density at radius 1 is 1.00 bits per heavy atom. The molecule has 1 fully saturated rings. The van der Waals surface area contributed by atoms with Gasteiger partial charge < -0.3 is 19.3 Å². The van der Waals surface area contributed by atoms with Crippen LogP contribution in [0.5, 0.6) is 5.75 Å². The highest BCUT2D eigenvalue weighted by Crippen LogP contribution is 2.36. The van der Waals surface area contributed by atoms with Crippen LogP contribution in [0, 0.1) is 0 Å². The van der Waals surface area contributed by atoms with E-state index in [1.165, 1.54) is 12.1 Å². The molecule has 11 heteroatoms. The number of anilines is 1. The Labute approximate surface area is 230 Å². The first kappa shape index (κ1) is 30.6. The van der Waals surface area contributed by atoms with Gasteiger partial charge >= 0.3 is 0 Å². The average molecular weight is 562 g/mol. The number of rotatable bonds is 14. The third-order valence-electron chi connectivity index (χ3n) is 7.21. The summed E-state index contributed by atoms with van der Waals surface area (Å²) in [6.07, 6.45) is 1.87. The molecule has 2 aromatic rings. The number of Topliss-reactive ketones (excluding diaryl/α,β-unsaturated/α-hetero) is 1. The SMILES string of the molecule is COCCN1CCC(C(=O)NO)(S(=O)(=O)c2ccc(OCCCCC(=O)c3ccc(N(C)C)cc3)cc2)CC1. The van der Waals surface area contributed by atoms with Gasteiger partial charge in [0, 0.05) is 58.5 Å². The van der Waals surface area contributed by atoms with Gasteiger partial charge in [0.1, 0.15) is 5.75 Å². The summed E-state index contributed by atoms with van der Waals surface area (Å²) in [5.41, 5.74) is 3.30. The van der Waals surface area contributed by atoms with Crippen molar-refractivity contribution in [1.29, 1.82) is 0 Å². The molecule has 0 saturated carbocycles. The lowest BCUT2D eigenvalue weighted by Gasteiger charge is -2.39. The Hall–Kier alpha value is -2.99. The van der Waals surface area contributed by atoms with Crippen molar-refractivity contribution < 1.29 is 32.7 Å². The van der Waals surface area contributed by atoms with E-state index in [1.807, 2.05) is 48.2 Å². The highest BCUT2D eigenvalue weighted by molar-refractivity contribution is 7.93. The predicted octanol–water partition coefficient (Wildman–Crippen LogP) is 2.94. The number of nitrogens with one attached hydrogen (secondary N) is 1. The lowest BCUT2D eigenvalue weighted by Crippen LogP contribution is -2.57. The number of piperidine rings is 1. The molecule has 1 aliphatic heterocycles. The topological polar surface area (TPSA) is 125 Å². The molecule has 0 radical (unpaired) electrons. The zero-order valence-electron chi connectivity index (χ0n) is 22.9. The van der Waals surface area contributed by atoms with E-state index in [2.05, 4.69) is 0 Å². The van der Waals surface area contributed by atoms with Gasteiger partial charge in [0.05, 0.1) is 18.1 Å². The summed E-state index contributed by atoms with van der Waals surface area (Å²) in [7, 11) is 1.40. The molecular weight excluding hydrogens is 522 g/mol. The number of nitrogens with zero attached hydrogens (tertiary/aromatic N) is 2. The van der Waals surface area contributed by atoms with E-state index in [0.717, 1.165) is 5.69 Å². The standard InChI is InChI=1S/C28H39N3O7S/c1-30(2)23-9-7-22(8-10-23)26(32)6-4-5-20-38-24-11-13-25(14-12-24)39(35,36)28(27(33)29-34)15-17-31(18-16-28)19-21-37-3/h7-14,34H,4-6,15-21H2,1-3H3,(H,29,33). The van der Waals surface area contributed by atoms with Crippen LogP contribution in [-0.2, 0) is 19.4 Å². The minimum atomic E-state index is -4.09. The number of likely N-dealkylation sites (tertiary alicyclic amines) is 1. The second-order valence-corrected chi connectivity index (χ2v) is 12.2. The Kier molecular flexibility index (Phi) is 10.9. The number of carbonyl (C=O) groups excluding carboxylic acids is 2. The number of hydrogen-bond donors (Lipinski definition) is 2. The van der Waals surface area contributed by atoms with Gasteiger partial charge in [0.25, 0.3) is 5.91 Å². The molecular formula is C28H39N3O7S. The largest absolute Gasteiger partial charge is 0.494 e. The molecule has 2 N–H and O–H groups in total. The van der Waals surface area contributed by atoms with E-state index < -0.39 is 20.5 Å². The van der Waals surface area contributed by atoms with Crippen molar-refractivity contribution in [2.45, 2.75) is 41.7 Å². The number of unbranched alkanes of at least 4 members (excludes halogenated alkanes) is 1. The Bertz CT molecular complexity index is 1190. The van der Waals surface area contributed by atoms with Crippen LogP contribution in [0.1, 0.15) is 42.5 Å². The number of ether oxygens (including phenoxy) is 2. The van der Waals surface area contributed by atoms with E-state index >= 15 is 0 Å². The number of methoxy groups -OCH3 is 1. The summed E-state index contributed by atoms with van der Waals surface area (Å²) < 4.78 is 36.2. The average Bonchev–Trinajstić information content (AvgIpc) is 2.95. The van der Waals surface area contributed by atoms with Gasteiger partial charge in [-0.3, -0.25) is 14.8 Å². The summed E-state index contributed by atoms with van der Waals surface area (Å²) in [6, 6.07) is 13.5. The van der Waals surface area contributed by atoms with E-state index in [4.69, 9.17) is 9.47 Å². The minimum Gasteiger partial charge on any atom is -0.494 e. The van der Waals surface area contributed by atoms with Crippen LogP contribution in [0.25, 0.3) is 0 Å². The Morgan fingerprint density at radius 2 is 1.64 bits per heavy atom. The number of carbonyl (C=O) groups is 2. The van der Waals surface area contributed by atoms with Crippen molar-refractivity contribution in [3.05, 3.63) is 54.1 Å². The van der Waals surface area contributed by atoms with Crippen LogP contribution < -0.4 is 15.1 Å². The number of hydroxylamine groups is 1. The van der Waals surface area contributed by atoms with Crippen LogP contribution in [0.4, 0.5) is 5.69 Å². The second kappa shape index (κ2) is 13.9. The zero-order valence-corrected chi connectivity index (χ0v) is 23.7. The monoisotopic (exact) mass is 561 g/mol. The predicted molar refractivity (Wildman–Crippen MR) is 148 cm³/mol. The van der Waals surface area contributed by atoms with Gasteiger partial charge in [0.15, 0.2) is 20.4 Å². The molecule has 0 aromatic heterocycles. The van der Waals surface area contributed by atoms with Gasteiger partial charge in [-0.1, -0.05) is 0 Å². The minimum absolute atomic E-state index is 0.00493. The highest BCUT2D eigenvalue weighted by atomic mass is 32.2. The molecule has 0 aliphatic carbocycles. The summed E-state index contributed by atoms with van der Waals surface area (Å²) in [5, 5.41) is 9.34. The van der Waals surface area contributed by atoms with E-state index in [9.17, 15) is 23.2 Å². The maximum Gasteiger partial charge on any atom is 0.265 e. The van der Waals surface area contributed by atoms with Gasteiger partial charge in [-0.05, 0) is 74.2 Å². The van der Waals surface area contributed by atoms with Gasteiger partial charge in [-0.2, -0.15) is 0 Å². The van der Waals surface area contributed by atoms with Gasteiger partial charge in [-0.25, -0.2) is 13.9 Å². The summed E-state index contributed by atoms with van der Waals surface area (Å²) in [6.45, 7) is 2.31. The van der Waals surface area contributed by atoms with Crippen molar-refractivity contribution >= 4 is 27.2 Å². The van der Waals surface area contributed by atoms with Crippen LogP contribution in [0.3, 0.4) is 0 Å². The quantitative estimate of drug-likeness (QED) is 0.155. The lowest BCUT2D eigenvalue weighted by atomic mass is 9.95. The number of ketones is 1. The maximum absolute atomic E-state index is 13.6.